The zero-order chi connectivity index (χ0) is 25.7. The van der Waals surface area contributed by atoms with Crippen LogP contribution in [-0.4, -0.2) is 59.9 Å². The van der Waals surface area contributed by atoms with Crippen LogP contribution in [0.2, 0.25) is 0 Å². The molecule has 1 atom stereocenters. The molecule has 0 unspecified atom stereocenters. The van der Waals surface area contributed by atoms with Crippen molar-refractivity contribution in [3.05, 3.63) is 35.9 Å². The number of nitrogens with one attached hydrogen (secondary N) is 1. The van der Waals surface area contributed by atoms with Crippen molar-refractivity contribution in [1.82, 2.24) is 5.32 Å². The van der Waals surface area contributed by atoms with Crippen molar-refractivity contribution in [1.29, 1.82) is 0 Å². The van der Waals surface area contributed by atoms with Gasteiger partial charge in [0.05, 0.1) is 11.0 Å². The van der Waals surface area contributed by atoms with Gasteiger partial charge in [-0.1, -0.05) is 57.0 Å². The number of carboxylic acid groups (broad SMARTS) is 2. The van der Waals surface area contributed by atoms with Crippen molar-refractivity contribution in [2.75, 3.05) is 5.75 Å². The number of benzene rings is 1. The number of carbonyl (C=O) groups excluding carboxylic acids is 1. The first kappa shape index (κ1) is 30.2. The highest BCUT2D eigenvalue weighted by Gasteiger charge is 2.38. The number of alkyl halides is 3. The quantitative estimate of drug-likeness (QED) is 0.420. The average molecular weight is 500 g/mol. The first-order valence-corrected chi connectivity index (χ1v) is 11.7. The van der Waals surface area contributed by atoms with Gasteiger partial charge in [-0.15, -0.1) is 0 Å². The topological polar surface area (TPSA) is 147 Å². The summed E-state index contributed by atoms with van der Waals surface area (Å²) in [5.74, 6) is -4.81. The Hall–Kier alpha value is -2.83. The maximum Gasteiger partial charge on any atom is 0.490 e. The van der Waals surface area contributed by atoms with E-state index in [1.54, 1.807) is 24.3 Å². The van der Waals surface area contributed by atoms with Gasteiger partial charge >= 0.3 is 24.2 Å². The Morgan fingerprint density at radius 2 is 1.52 bits per heavy atom. The normalized spacial score (nSPS) is 12.3. The van der Waals surface area contributed by atoms with Crippen LogP contribution in [0.4, 0.5) is 18.0 Å². The number of hydrogen-bond donors (Lipinski definition) is 3. The minimum absolute atomic E-state index is 0.0277. The fraction of sp³-hybridized carbons (Fsp3) is 0.550. The Morgan fingerprint density at radius 3 is 1.91 bits per heavy atom. The predicted octanol–water partition coefficient (Wildman–Crippen LogP) is 3.38. The van der Waals surface area contributed by atoms with Gasteiger partial charge in [0.1, 0.15) is 12.6 Å². The molecule has 0 aliphatic rings. The van der Waals surface area contributed by atoms with Crippen molar-refractivity contribution in [2.24, 2.45) is 0 Å². The van der Waals surface area contributed by atoms with Crippen molar-refractivity contribution in [3.63, 3.8) is 0 Å². The SMILES string of the molecule is CCCC(CCC)S(=O)(=O)C[C@H](NC(=O)OCc1ccccc1)C(=O)O.O=C(O)C(F)(F)F. The Kier molecular flexibility index (Phi) is 13.1. The first-order valence-electron chi connectivity index (χ1n) is 9.96. The van der Waals surface area contributed by atoms with Gasteiger partial charge in [0.2, 0.25) is 0 Å². The van der Waals surface area contributed by atoms with Crippen molar-refractivity contribution < 1.29 is 50.9 Å². The molecule has 0 bridgehead atoms. The lowest BCUT2D eigenvalue weighted by Gasteiger charge is -2.20. The molecule has 1 rings (SSSR count). The maximum absolute atomic E-state index is 12.5. The predicted molar refractivity (Wildman–Crippen MR) is 112 cm³/mol. The number of amides is 1. The van der Waals surface area contributed by atoms with Crippen molar-refractivity contribution >= 4 is 27.9 Å². The third-order valence-corrected chi connectivity index (χ3v) is 6.46. The van der Waals surface area contributed by atoms with Gasteiger partial charge in [-0.2, -0.15) is 13.2 Å². The molecule has 1 aromatic carbocycles. The smallest absolute Gasteiger partial charge is 0.480 e. The molecule has 0 saturated carbocycles. The summed E-state index contributed by atoms with van der Waals surface area (Å²) in [6.45, 7) is 3.73. The van der Waals surface area contributed by atoms with Crippen LogP contribution >= 0.6 is 0 Å². The van der Waals surface area contributed by atoms with Crippen LogP contribution in [-0.2, 0) is 30.8 Å². The molecule has 9 nitrogen and oxygen atoms in total. The van der Waals surface area contributed by atoms with Crippen LogP contribution in [0.25, 0.3) is 0 Å². The van der Waals surface area contributed by atoms with Gasteiger partial charge in [0.15, 0.2) is 9.84 Å². The summed E-state index contributed by atoms with van der Waals surface area (Å²) >= 11 is 0. The van der Waals surface area contributed by atoms with Crippen molar-refractivity contribution in [2.45, 2.75) is 63.6 Å². The number of alkyl carbamates (subject to hydrolysis) is 1. The molecule has 0 heterocycles. The molecule has 3 N–H and O–H groups in total. The highest BCUT2D eigenvalue weighted by atomic mass is 32.2. The van der Waals surface area contributed by atoms with Crippen molar-refractivity contribution in [3.8, 4) is 0 Å². The van der Waals surface area contributed by atoms with E-state index in [0.29, 0.717) is 25.7 Å². The molecule has 13 heteroatoms. The Bertz CT molecular complexity index is 854. The van der Waals surface area contributed by atoms with E-state index in [2.05, 4.69) is 5.32 Å². The van der Waals surface area contributed by atoms with Crippen LogP contribution in [0.5, 0.6) is 0 Å². The fourth-order valence-corrected chi connectivity index (χ4v) is 4.75. The summed E-state index contributed by atoms with van der Waals surface area (Å²) in [5, 5.41) is 17.9. The Labute approximate surface area is 189 Å². The number of hydrogen-bond acceptors (Lipinski definition) is 6. The molecule has 0 radical (unpaired) electrons. The maximum atomic E-state index is 12.5. The van der Waals surface area contributed by atoms with Gasteiger partial charge in [-0.25, -0.2) is 22.8 Å². The second-order valence-electron chi connectivity index (χ2n) is 6.93. The lowest BCUT2D eigenvalue weighted by atomic mass is 10.2. The summed E-state index contributed by atoms with van der Waals surface area (Å²) < 4.78 is 61.8. The Balaban J connectivity index is 0.00000126. The number of rotatable bonds is 11. The highest BCUT2D eigenvalue weighted by molar-refractivity contribution is 7.92. The molecule has 0 spiro atoms. The van der Waals surface area contributed by atoms with Gasteiger partial charge in [-0.05, 0) is 18.4 Å². The molecule has 0 aliphatic carbocycles. The highest BCUT2D eigenvalue weighted by Crippen LogP contribution is 2.17. The third kappa shape index (κ3) is 12.7. The van der Waals surface area contributed by atoms with E-state index in [1.165, 1.54) is 0 Å². The molecule has 0 aliphatic heterocycles. The molecule has 0 fully saturated rings. The lowest BCUT2D eigenvalue weighted by Crippen LogP contribution is -2.47. The number of halogens is 3. The number of ether oxygens (including phenoxy) is 1. The molecular weight excluding hydrogens is 471 g/mol. The van der Waals surface area contributed by atoms with E-state index in [9.17, 15) is 36.3 Å². The molecule has 33 heavy (non-hydrogen) atoms. The van der Waals surface area contributed by atoms with E-state index >= 15 is 0 Å². The minimum Gasteiger partial charge on any atom is -0.480 e. The summed E-state index contributed by atoms with van der Waals surface area (Å²) in [5.41, 5.74) is 0.744. The summed E-state index contributed by atoms with van der Waals surface area (Å²) in [7, 11) is -3.65. The fourth-order valence-electron chi connectivity index (χ4n) is 2.60. The van der Waals surface area contributed by atoms with Crippen LogP contribution in [0.15, 0.2) is 30.3 Å². The number of sulfone groups is 1. The van der Waals surface area contributed by atoms with E-state index < -0.39 is 51.1 Å². The van der Waals surface area contributed by atoms with Crippen LogP contribution in [0.3, 0.4) is 0 Å². The molecule has 0 saturated heterocycles. The minimum atomic E-state index is -5.08. The van der Waals surface area contributed by atoms with E-state index in [-0.39, 0.29) is 6.61 Å². The number of carboxylic acids is 2. The zero-order valence-electron chi connectivity index (χ0n) is 18.2. The monoisotopic (exact) mass is 499 g/mol. The van der Waals surface area contributed by atoms with Gasteiger partial charge in [0.25, 0.3) is 0 Å². The molecule has 0 aromatic heterocycles. The van der Waals surface area contributed by atoms with Gasteiger partial charge in [-0.3, -0.25) is 0 Å². The van der Waals surface area contributed by atoms with E-state index in [0.717, 1.165) is 5.56 Å². The standard InChI is InChI=1S/C18H27NO6S.C2HF3O2/c1-3-8-15(9-4-2)26(23,24)13-16(17(20)21)19-18(22)25-12-14-10-6-5-7-11-14;3-2(4,5)1(6)7/h5-7,10-11,15-16H,3-4,8-9,12-13H2,1-2H3,(H,19,22)(H,20,21);(H,6,7)/t16-;/m0./s1. The van der Waals surface area contributed by atoms with Crippen LogP contribution in [0, 0.1) is 0 Å². The molecule has 1 aromatic rings. The van der Waals surface area contributed by atoms with Gasteiger partial charge in [0, 0.05) is 0 Å². The zero-order valence-corrected chi connectivity index (χ0v) is 19.0. The van der Waals surface area contributed by atoms with Crippen LogP contribution < -0.4 is 5.32 Å². The third-order valence-electron chi connectivity index (χ3n) is 4.17. The lowest BCUT2D eigenvalue weighted by molar-refractivity contribution is -0.192. The first-order chi connectivity index (χ1) is 15.2. The van der Waals surface area contributed by atoms with Gasteiger partial charge < -0.3 is 20.3 Å². The second kappa shape index (κ2) is 14.3. The van der Waals surface area contributed by atoms with E-state index in [1.807, 2.05) is 19.9 Å². The molecule has 188 valence electrons. The molecular formula is C20H28F3NO8S. The number of carbonyl (C=O) groups is 3. The summed E-state index contributed by atoms with van der Waals surface area (Å²) in [6.07, 6.45) is -3.72. The average Bonchev–Trinajstić information content (AvgIpc) is 2.72. The second-order valence-corrected chi connectivity index (χ2v) is 9.25. The Morgan fingerprint density at radius 1 is 1.03 bits per heavy atom. The van der Waals surface area contributed by atoms with E-state index in [4.69, 9.17) is 14.6 Å². The molecule has 1 amide bonds. The summed E-state index contributed by atoms with van der Waals surface area (Å²) in [4.78, 5) is 32.1. The largest absolute Gasteiger partial charge is 0.490 e. The number of aliphatic carboxylic acids is 2. The van der Waals surface area contributed by atoms with Crippen LogP contribution in [0.1, 0.15) is 45.1 Å². The summed E-state index contributed by atoms with van der Waals surface area (Å²) in [6, 6.07) is 7.35.